The number of carbonyl (C=O) groups excluding carboxylic acids is 1. The van der Waals surface area contributed by atoms with E-state index in [1.54, 1.807) is 0 Å². The molecule has 16 heavy (non-hydrogen) atoms. The molecule has 1 rings (SSSR count). The molecule has 0 aliphatic carbocycles. The molecule has 1 aromatic carbocycles. The van der Waals surface area contributed by atoms with Gasteiger partial charge in [0.1, 0.15) is 0 Å². The highest BCUT2D eigenvalue weighted by Crippen LogP contribution is 2.15. The van der Waals surface area contributed by atoms with E-state index in [0.717, 1.165) is 0 Å². The molecule has 0 aliphatic heterocycles. The summed E-state index contributed by atoms with van der Waals surface area (Å²) in [6, 6.07) is 0.465. The van der Waals surface area contributed by atoms with Crippen molar-refractivity contribution in [1.29, 1.82) is 0 Å². The Bertz CT molecular complexity index is 435. The molecular weight excluding hydrogens is 232 g/mol. The van der Waals surface area contributed by atoms with Crippen molar-refractivity contribution in [3.63, 3.8) is 0 Å². The van der Waals surface area contributed by atoms with Crippen LogP contribution in [0.4, 0.5) is 17.6 Å². The van der Waals surface area contributed by atoms with Crippen LogP contribution >= 0.6 is 0 Å². The molecule has 0 aliphatic rings. The van der Waals surface area contributed by atoms with E-state index >= 15 is 0 Å². The van der Waals surface area contributed by atoms with Gasteiger partial charge in [-0.05, 0) is 12.1 Å². The first-order chi connectivity index (χ1) is 7.34. The molecule has 0 heterocycles. The lowest BCUT2D eigenvalue weighted by atomic mass is 10.1. The van der Waals surface area contributed by atoms with Gasteiger partial charge in [0.05, 0.1) is 0 Å². The highest BCUT2D eigenvalue weighted by molar-refractivity contribution is 6.10. The molecule has 0 saturated carbocycles. The van der Waals surface area contributed by atoms with Crippen molar-refractivity contribution < 1.29 is 32.3 Å². The van der Waals surface area contributed by atoms with E-state index in [1.165, 1.54) is 0 Å². The van der Waals surface area contributed by atoms with Gasteiger partial charge in [-0.25, -0.2) is 22.4 Å². The quantitative estimate of drug-likeness (QED) is 0.376. The number of aliphatic carboxylic acids is 1. The lowest BCUT2D eigenvalue weighted by Gasteiger charge is -2.03. The maximum atomic E-state index is 12.7. The van der Waals surface area contributed by atoms with Crippen LogP contribution in [0.25, 0.3) is 0 Å². The Labute approximate surface area is 86.3 Å². The molecule has 1 atom stereocenters. The van der Waals surface area contributed by atoms with Crippen LogP contribution < -0.4 is 0 Å². The number of halogens is 4. The molecule has 1 N–H and O–H groups in total. The molecule has 0 amide bonds. The van der Waals surface area contributed by atoms with Gasteiger partial charge < -0.3 is 5.11 Å². The summed E-state index contributed by atoms with van der Waals surface area (Å²) in [5.74, 6) is -8.94. The Kier molecular flexibility index (Phi) is 3.26. The van der Waals surface area contributed by atoms with Crippen molar-refractivity contribution >= 4 is 11.8 Å². The van der Waals surface area contributed by atoms with Crippen molar-refractivity contribution in [2.24, 2.45) is 0 Å². The first kappa shape index (κ1) is 12.2. The second-order valence-electron chi connectivity index (χ2n) is 2.82. The third-order valence-electron chi connectivity index (χ3n) is 1.72. The summed E-state index contributed by atoms with van der Waals surface area (Å²) in [7, 11) is 0. The minimum absolute atomic E-state index is 0.232. The van der Waals surface area contributed by atoms with E-state index in [4.69, 9.17) is 5.11 Å². The van der Waals surface area contributed by atoms with Gasteiger partial charge in [-0.15, -0.1) is 0 Å². The molecule has 1 unspecified atom stereocenters. The zero-order valence-corrected chi connectivity index (χ0v) is 7.51. The summed E-state index contributed by atoms with van der Waals surface area (Å²) >= 11 is 0. The Morgan fingerprint density at radius 2 is 1.56 bits per heavy atom. The fourth-order valence-corrected chi connectivity index (χ4v) is 0.956. The average molecular weight is 236 g/mol. The first-order valence-corrected chi connectivity index (χ1v) is 3.90. The number of carboxylic acid groups (broad SMARTS) is 1. The molecule has 1 aromatic rings. The van der Waals surface area contributed by atoms with Crippen molar-refractivity contribution in [3.8, 4) is 0 Å². The predicted octanol–water partition coefficient (Wildman–Crippen LogP) is 1.71. The van der Waals surface area contributed by atoms with Gasteiger partial charge in [0.15, 0.2) is 17.5 Å². The summed E-state index contributed by atoms with van der Waals surface area (Å²) in [6.07, 6.45) is -2.94. The van der Waals surface area contributed by atoms with Crippen LogP contribution in [0.15, 0.2) is 12.1 Å². The zero-order chi connectivity index (χ0) is 12.5. The Morgan fingerprint density at radius 1 is 1.12 bits per heavy atom. The van der Waals surface area contributed by atoms with Crippen LogP contribution in [0.5, 0.6) is 0 Å². The number of hydrogen-bond donors (Lipinski definition) is 1. The monoisotopic (exact) mass is 236 g/mol. The average Bonchev–Trinajstić information content (AvgIpc) is 2.22. The van der Waals surface area contributed by atoms with Gasteiger partial charge in [-0.3, -0.25) is 4.79 Å². The lowest BCUT2D eigenvalue weighted by molar-refractivity contribution is -0.140. The molecular formula is C9H4F4O3. The first-order valence-electron chi connectivity index (χ1n) is 3.90. The number of ketones is 1. The largest absolute Gasteiger partial charge is 0.479 e. The fraction of sp³-hybridized carbons (Fsp3) is 0.111. The molecule has 0 bridgehead atoms. The smallest absolute Gasteiger partial charge is 0.346 e. The molecule has 0 aromatic heterocycles. The molecule has 7 heteroatoms. The van der Waals surface area contributed by atoms with Crippen LogP contribution in [0.3, 0.4) is 0 Å². The normalized spacial score (nSPS) is 12.2. The van der Waals surface area contributed by atoms with Crippen molar-refractivity contribution in [3.05, 3.63) is 35.1 Å². The number of carbonyl (C=O) groups is 2. The van der Waals surface area contributed by atoms with Crippen LogP contribution in [-0.2, 0) is 4.79 Å². The molecule has 86 valence electrons. The van der Waals surface area contributed by atoms with Gasteiger partial charge >= 0.3 is 5.97 Å². The third kappa shape index (κ3) is 2.18. The summed E-state index contributed by atoms with van der Waals surface area (Å²) in [5, 5.41) is 8.15. The van der Waals surface area contributed by atoms with Gasteiger partial charge in [0.25, 0.3) is 6.17 Å². The molecule has 3 nitrogen and oxygen atoms in total. The Morgan fingerprint density at radius 3 is 1.94 bits per heavy atom. The molecule has 0 radical (unpaired) electrons. The van der Waals surface area contributed by atoms with Crippen molar-refractivity contribution in [1.82, 2.24) is 0 Å². The van der Waals surface area contributed by atoms with E-state index in [-0.39, 0.29) is 12.1 Å². The van der Waals surface area contributed by atoms with Gasteiger partial charge in [0, 0.05) is 5.56 Å². The molecule has 0 saturated heterocycles. The maximum Gasteiger partial charge on any atom is 0.346 e. The van der Waals surface area contributed by atoms with Crippen LogP contribution in [-0.4, -0.2) is 23.0 Å². The highest BCUT2D eigenvalue weighted by Gasteiger charge is 2.28. The fourth-order valence-electron chi connectivity index (χ4n) is 0.956. The van der Waals surface area contributed by atoms with Gasteiger partial charge in [-0.2, -0.15) is 0 Å². The van der Waals surface area contributed by atoms with Crippen LogP contribution in [0.1, 0.15) is 10.4 Å². The van der Waals surface area contributed by atoms with E-state index in [9.17, 15) is 27.2 Å². The predicted molar refractivity (Wildman–Crippen MR) is 43.2 cm³/mol. The molecule has 0 spiro atoms. The van der Waals surface area contributed by atoms with Gasteiger partial charge in [0.2, 0.25) is 5.78 Å². The summed E-state index contributed by atoms with van der Waals surface area (Å²) in [5.41, 5.74) is -0.883. The van der Waals surface area contributed by atoms with E-state index in [1.807, 2.05) is 0 Å². The Hall–Kier alpha value is -1.92. The summed E-state index contributed by atoms with van der Waals surface area (Å²) < 4.78 is 50.4. The minimum Gasteiger partial charge on any atom is -0.479 e. The van der Waals surface area contributed by atoms with Crippen LogP contribution in [0, 0.1) is 17.5 Å². The molecule has 0 fully saturated rings. The topological polar surface area (TPSA) is 54.4 Å². The zero-order valence-electron chi connectivity index (χ0n) is 7.51. The van der Waals surface area contributed by atoms with E-state index < -0.39 is 40.9 Å². The second kappa shape index (κ2) is 4.30. The van der Waals surface area contributed by atoms with Crippen molar-refractivity contribution in [2.45, 2.75) is 6.17 Å². The van der Waals surface area contributed by atoms with Crippen LogP contribution in [0.2, 0.25) is 0 Å². The minimum atomic E-state index is -2.94. The summed E-state index contributed by atoms with van der Waals surface area (Å²) in [6.45, 7) is 0. The Balaban J connectivity index is 3.15. The standard InChI is InChI=1S/C9H4F4O3/c10-4-1-3(2-5(11)6(4)12)8(14)7(13)9(15)16/h1-2,7H,(H,15,16). The summed E-state index contributed by atoms with van der Waals surface area (Å²) in [4.78, 5) is 21.1. The van der Waals surface area contributed by atoms with E-state index in [0.29, 0.717) is 0 Å². The van der Waals surface area contributed by atoms with Gasteiger partial charge in [-0.1, -0.05) is 0 Å². The number of benzene rings is 1. The number of alkyl halides is 1. The number of carboxylic acids is 1. The lowest BCUT2D eigenvalue weighted by Crippen LogP contribution is -2.25. The second-order valence-corrected chi connectivity index (χ2v) is 2.82. The van der Waals surface area contributed by atoms with E-state index in [2.05, 4.69) is 0 Å². The SMILES string of the molecule is O=C(O)C(F)C(=O)c1cc(F)c(F)c(F)c1. The number of Topliss-reactive ketones (excluding diaryl/α,β-unsaturated/α-hetero) is 1. The van der Waals surface area contributed by atoms with Crippen molar-refractivity contribution in [2.75, 3.05) is 0 Å². The number of hydrogen-bond acceptors (Lipinski definition) is 2. The highest BCUT2D eigenvalue weighted by atomic mass is 19.2. The third-order valence-corrected chi connectivity index (χ3v) is 1.72. The number of rotatable bonds is 3. The maximum absolute atomic E-state index is 12.7.